The topological polar surface area (TPSA) is 56.1 Å². The minimum absolute atomic E-state index is 0.104. The van der Waals surface area contributed by atoms with Gasteiger partial charge in [0.05, 0.1) is 6.07 Å². The lowest BCUT2D eigenvalue weighted by Gasteiger charge is -2.20. The second-order valence-corrected chi connectivity index (χ2v) is 5.33. The van der Waals surface area contributed by atoms with E-state index in [2.05, 4.69) is 23.2 Å². The summed E-state index contributed by atoms with van der Waals surface area (Å²) >= 11 is 0. The number of hydrogen-bond donors (Lipinski definition) is 1. The molecule has 1 heterocycles. The normalized spacial score (nSPS) is 19.2. The first-order valence-electron chi connectivity index (χ1n) is 7.07. The lowest BCUT2D eigenvalue weighted by Crippen LogP contribution is -2.37. The molecule has 0 bridgehead atoms. The number of amides is 1. The zero-order chi connectivity index (χ0) is 13.4. The molecule has 0 aromatic rings. The summed E-state index contributed by atoms with van der Waals surface area (Å²) in [6.45, 7) is 8.25. The van der Waals surface area contributed by atoms with Crippen molar-refractivity contribution in [3.63, 3.8) is 0 Å². The van der Waals surface area contributed by atoms with Crippen molar-refractivity contribution in [3.05, 3.63) is 0 Å². The minimum Gasteiger partial charge on any atom is -0.355 e. The lowest BCUT2D eigenvalue weighted by molar-refractivity contribution is -0.123. The van der Waals surface area contributed by atoms with Crippen molar-refractivity contribution in [2.45, 2.75) is 39.5 Å². The van der Waals surface area contributed by atoms with Crippen LogP contribution in [0.2, 0.25) is 0 Å². The highest BCUT2D eigenvalue weighted by atomic mass is 16.1. The van der Waals surface area contributed by atoms with Gasteiger partial charge in [0, 0.05) is 13.1 Å². The molecule has 1 rings (SSSR count). The molecular formula is C14H25N3O. The first-order valence-corrected chi connectivity index (χ1v) is 7.07. The molecule has 0 saturated carbocycles. The van der Waals surface area contributed by atoms with Crippen LogP contribution in [0.3, 0.4) is 0 Å². The number of rotatable bonds is 7. The van der Waals surface area contributed by atoms with Crippen LogP contribution in [-0.4, -0.2) is 37.0 Å². The molecule has 102 valence electrons. The number of carbonyl (C=O) groups is 1. The molecule has 0 radical (unpaired) electrons. The van der Waals surface area contributed by atoms with Gasteiger partial charge in [-0.1, -0.05) is 20.3 Å². The van der Waals surface area contributed by atoms with Crippen molar-refractivity contribution >= 4 is 5.91 Å². The Morgan fingerprint density at radius 3 is 2.67 bits per heavy atom. The highest BCUT2D eigenvalue weighted by Gasteiger charge is 2.18. The number of hydrogen-bond acceptors (Lipinski definition) is 3. The van der Waals surface area contributed by atoms with Gasteiger partial charge in [0.1, 0.15) is 5.92 Å². The van der Waals surface area contributed by atoms with Crippen LogP contribution in [0.4, 0.5) is 0 Å². The zero-order valence-corrected chi connectivity index (χ0v) is 11.6. The summed E-state index contributed by atoms with van der Waals surface area (Å²) in [5.74, 6) is -0.130. The third-order valence-electron chi connectivity index (χ3n) is 3.44. The average Bonchev–Trinajstić information content (AvgIpc) is 2.85. The van der Waals surface area contributed by atoms with Gasteiger partial charge >= 0.3 is 0 Å². The number of nitrogens with one attached hydrogen (secondary N) is 1. The molecule has 1 N–H and O–H groups in total. The Bertz CT molecular complexity index is 292. The first-order chi connectivity index (χ1) is 8.67. The van der Waals surface area contributed by atoms with E-state index in [0.717, 1.165) is 13.0 Å². The van der Waals surface area contributed by atoms with Crippen LogP contribution in [0.5, 0.6) is 0 Å². The molecule has 0 spiro atoms. The summed E-state index contributed by atoms with van der Waals surface area (Å²) in [6, 6.07) is 2.08. The predicted octanol–water partition coefficient (Wildman–Crippen LogP) is 1.77. The number of nitriles is 1. The van der Waals surface area contributed by atoms with Crippen LogP contribution in [0, 0.1) is 23.2 Å². The van der Waals surface area contributed by atoms with Crippen LogP contribution in [0.25, 0.3) is 0 Å². The van der Waals surface area contributed by atoms with Crippen molar-refractivity contribution < 1.29 is 4.79 Å². The molecule has 0 aromatic heterocycles. The van der Waals surface area contributed by atoms with Crippen LogP contribution < -0.4 is 5.32 Å². The highest BCUT2D eigenvalue weighted by molar-refractivity contribution is 5.80. The Morgan fingerprint density at radius 2 is 2.11 bits per heavy atom. The summed E-state index contributed by atoms with van der Waals surface area (Å²) in [5.41, 5.74) is 0. The molecule has 4 nitrogen and oxygen atoms in total. The van der Waals surface area contributed by atoms with Gasteiger partial charge in [-0.15, -0.1) is 0 Å². The first kappa shape index (κ1) is 15.0. The van der Waals surface area contributed by atoms with E-state index >= 15 is 0 Å². The SMILES string of the molecule is CCCC(C#N)C(=O)NCC(C)CN1CCCC1. The maximum absolute atomic E-state index is 11.8. The summed E-state index contributed by atoms with van der Waals surface area (Å²) in [6.07, 6.45) is 4.12. The Kier molecular flexibility index (Phi) is 6.74. The molecule has 1 aliphatic rings. The van der Waals surface area contributed by atoms with Crippen molar-refractivity contribution in [1.82, 2.24) is 10.2 Å². The fourth-order valence-electron chi connectivity index (χ4n) is 2.41. The molecule has 1 aliphatic heterocycles. The smallest absolute Gasteiger partial charge is 0.237 e. The van der Waals surface area contributed by atoms with Gasteiger partial charge in [0.15, 0.2) is 0 Å². The number of nitrogens with zero attached hydrogens (tertiary/aromatic N) is 2. The van der Waals surface area contributed by atoms with Crippen LogP contribution in [-0.2, 0) is 4.79 Å². The summed E-state index contributed by atoms with van der Waals surface area (Å²) in [5, 5.41) is 11.8. The van der Waals surface area contributed by atoms with Crippen LogP contribution in [0.1, 0.15) is 39.5 Å². The standard InChI is InChI=1S/C14H25N3O/c1-3-6-13(9-15)14(18)16-10-12(2)11-17-7-4-5-8-17/h12-13H,3-8,10-11H2,1-2H3,(H,16,18). The third-order valence-corrected chi connectivity index (χ3v) is 3.44. The Morgan fingerprint density at radius 1 is 1.44 bits per heavy atom. The molecule has 1 amide bonds. The Balaban J connectivity index is 2.22. The average molecular weight is 251 g/mol. The van der Waals surface area contributed by atoms with Crippen molar-refractivity contribution in [1.29, 1.82) is 5.26 Å². The van der Waals surface area contributed by atoms with Crippen molar-refractivity contribution in [2.24, 2.45) is 11.8 Å². The van der Waals surface area contributed by atoms with E-state index in [9.17, 15) is 4.79 Å². The molecule has 0 aliphatic carbocycles. The molecule has 18 heavy (non-hydrogen) atoms. The molecular weight excluding hydrogens is 226 g/mol. The van der Waals surface area contributed by atoms with E-state index in [1.165, 1.54) is 25.9 Å². The van der Waals surface area contributed by atoms with E-state index in [4.69, 9.17) is 5.26 Å². The van der Waals surface area contributed by atoms with Gasteiger partial charge in [-0.05, 0) is 38.3 Å². The van der Waals surface area contributed by atoms with E-state index < -0.39 is 5.92 Å². The maximum atomic E-state index is 11.8. The fourth-order valence-corrected chi connectivity index (χ4v) is 2.41. The summed E-state index contributed by atoms with van der Waals surface area (Å²) in [7, 11) is 0. The van der Waals surface area contributed by atoms with Crippen LogP contribution >= 0.6 is 0 Å². The second kappa shape index (κ2) is 8.10. The molecule has 4 heteroatoms. The van der Waals surface area contributed by atoms with Crippen molar-refractivity contribution in [2.75, 3.05) is 26.2 Å². The minimum atomic E-state index is -0.478. The number of likely N-dealkylation sites (tertiary alicyclic amines) is 1. The molecule has 0 aromatic carbocycles. The fraction of sp³-hybridized carbons (Fsp3) is 0.857. The van der Waals surface area contributed by atoms with Gasteiger partial charge in [0.2, 0.25) is 5.91 Å². The quantitative estimate of drug-likeness (QED) is 0.750. The summed E-state index contributed by atoms with van der Waals surface area (Å²) < 4.78 is 0. The predicted molar refractivity (Wildman–Crippen MR) is 71.9 cm³/mol. The Hall–Kier alpha value is -1.08. The van der Waals surface area contributed by atoms with E-state index in [0.29, 0.717) is 18.9 Å². The Labute approximate surface area is 110 Å². The lowest BCUT2D eigenvalue weighted by atomic mass is 10.0. The highest BCUT2D eigenvalue weighted by Crippen LogP contribution is 2.10. The van der Waals surface area contributed by atoms with Gasteiger partial charge in [0.25, 0.3) is 0 Å². The molecule has 2 atom stereocenters. The van der Waals surface area contributed by atoms with Gasteiger partial charge in [-0.25, -0.2) is 0 Å². The van der Waals surface area contributed by atoms with Gasteiger partial charge < -0.3 is 10.2 Å². The van der Waals surface area contributed by atoms with Gasteiger partial charge in [-0.2, -0.15) is 5.26 Å². The largest absolute Gasteiger partial charge is 0.355 e. The molecule has 1 fully saturated rings. The second-order valence-electron chi connectivity index (χ2n) is 5.33. The summed E-state index contributed by atoms with van der Waals surface area (Å²) in [4.78, 5) is 14.2. The molecule has 1 saturated heterocycles. The third kappa shape index (κ3) is 5.05. The monoisotopic (exact) mass is 251 g/mol. The van der Waals surface area contributed by atoms with E-state index in [1.807, 2.05) is 6.92 Å². The van der Waals surface area contributed by atoms with Crippen LogP contribution in [0.15, 0.2) is 0 Å². The maximum Gasteiger partial charge on any atom is 0.237 e. The van der Waals surface area contributed by atoms with Crippen molar-refractivity contribution in [3.8, 4) is 6.07 Å². The van der Waals surface area contributed by atoms with Gasteiger partial charge in [-0.3, -0.25) is 4.79 Å². The molecule has 2 unspecified atom stereocenters. The zero-order valence-electron chi connectivity index (χ0n) is 11.6. The van der Waals surface area contributed by atoms with E-state index in [1.54, 1.807) is 0 Å². The van der Waals surface area contributed by atoms with E-state index in [-0.39, 0.29) is 5.91 Å². The number of carbonyl (C=O) groups excluding carboxylic acids is 1.